The monoisotopic (exact) mass is 422 g/mol. The zero-order valence-corrected chi connectivity index (χ0v) is 16.8. The third kappa shape index (κ3) is 4.60. The number of nitrogens with one attached hydrogen (secondary N) is 2. The molecular weight excluding hydrogens is 398 g/mol. The second kappa shape index (κ2) is 9.02. The number of anilines is 2. The van der Waals surface area contributed by atoms with E-state index >= 15 is 0 Å². The van der Waals surface area contributed by atoms with Crippen LogP contribution in [0.4, 0.5) is 21.9 Å². The molecule has 2 amide bonds. The molecule has 0 bridgehead atoms. The number of benzene rings is 2. The third-order valence-electron chi connectivity index (χ3n) is 5.31. The van der Waals surface area contributed by atoms with Crippen LogP contribution in [-0.4, -0.2) is 47.4 Å². The SMILES string of the molecule is NC1=Nc2ccccc2C2C1N=CN2CCCCNC(=O)Nc1ccc(N([O-])O)cc1. The molecule has 0 aliphatic carbocycles. The Morgan fingerprint density at radius 2 is 1.97 bits per heavy atom. The molecular formula is C21H24N7O3-. The number of carbonyl (C=O) groups is 1. The van der Waals surface area contributed by atoms with E-state index in [9.17, 15) is 10.0 Å². The predicted molar refractivity (Wildman–Crippen MR) is 120 cm³/mol. The van der Waals surface area contributed by atoms with Crippen LogP contribution in [-0.2, 0) is 0 Å². The molecule has 2 unspecified atom stereocenters. The minimum Gasteiger partial charge on any atom is -0.733 e. The number of carbonyl (C=O) groups excluding carboxylic acids is 1. The van der Waals surface area contributed by atoms with Crippen LogP contribution in [0.5, 0.6) is 0 Å². The summed E-state index contributed by atoms with van der Waals surface area (Å²) in [6, 6.07) is 13.5. The van der Waals surface area contributed by atoms with Crippen LogP contribution in [0.3, 0.4) is 0 Å². The first-order valence-electron chi connectivity index (χ1n) is 10.1. The predicted octanol–water partition coefficient (Wildman–Crippen LogP) is 2.74. The zero-order valence-electron chi connectivity index (χ0n) is 16.8. The molecule has 0 spiro atoms. The minimum absolute atomic E-state index is 0.0666. The topological polar surface area (TPSA) is 142 Å². The lowest BCUT2D eigenvalue weighted by Gasteiger charge is -2.31. The van der Waals surface area contributed by atoms with Crippen molar-refractivity contribution in [1.82, 2.24) is 10.2 Å². The van der Waals surface area contributed by atoms with Crippen molar-refractivity contribution in [1.29, 1.82) is 0 Å². The van der Waals surface area contributed by atoms with Gasteiger partial charge < -0.3 is 31.7 Å². The van der Waals surface area contributed by atoms with Crippen LogP contribution in [0.15, 0.2) is 58.5 Å². The summed E-state index contributed by atoms with van der Waals surface area (Å²) in [5.41, 5.74) is 8.76. The number of urea groups is 1. The average Bonchev–Trinajstić information content (AvgIpc) is 3.19. The summed E-state index contributed by atoms with van der Waals surface area (Å²) >= 11 is 0. The number of para-hydroxylation sites is 1. The molecule has 2 aromatic carbocycles. The highest BCUT2D eigenvalue weighted by molar-refractivity contribution is 5.94. The van der Waals surface area contributed by atoms with Crippen molar-refractivity contribution >= 4 is 35.3 Å². The maximum atomic E-state index is 12.0. The van der Waals surface area contributed by atoms with Crippen molar-refractivity contribution in [3.63, 3.8) is 0 Å². The minimum atomic E-state index is -0.330. The molecule has 162 valence electrons. The quantitative estimate of drug-likeness (QED) is 0.399. The highest BCUT2D eigenvalue weighted by Gasteiger charge is 2.38. The van der Waals surface area contributed by atoms with E-state index in [4.69, 9.17) is 10.9 Å². The maximum absolute atomic E-state index is 12.0. The Labute approximate surface area is 179 Å². The van der Waals surface area contributed by atoms with Crippen molar-refractivity contribution in [3.05, 3.63) is 59.3 Å². The molecule has 0 fully saturated rings. The highest BCUT2D eigenvalue weighted by atomic mass is 16.8. The smallest absolute Gasteiger partial charge is 0.319 e. The second-order valence-corrected chi connectivity index (χ2v) is 7.40. The molecule has 0 aromatic heterocycles. The van der Waals surface area contributed by atoms with E-state index in [0.717, 1.165) is 30.6 Å². The number of hydrogen-bond donors (Lipinski definition) is 4. The number of rotatable bonds is 7. The molecule has 0 saturated carbocycles. The standard InChI is InChI=1S/C21H24N7O3/c22-20-18-19(16-5-1-2-6-17(16)26-20)27(13-24-18)12-4-3-11-23-21(29)25-14-7-9-15(10-8-14)28(30)31/h1-2,5-10,13,18-19,30H,3-4,11-12H2,(H2,22,26)(H2,23,25,29)/q-1. The van der Waals surface area contributed by atoms with E-state index in [1.165, 1.54) is 24.3 Å². The molecule has 31 heavy (non-hydrogen) atoms. The molecule has 2 heterocycles. The number of amides is 2. The lowest BCUT2D eigenvalue weighted by molar-refractivity contribution is 0.251. The summed E-state index contributed by atoms with van der Waals surface area (Å²) in [5, 5.41) is 24.9. The highest BCUT2D eigenvalue weighted by Crippen LogP contribution is 2.39. The van der Waals surface area contributed by atoms with E-state index in [1.54, 1.807) is 0 Å². The first-order valence-corrected chi connectivity index (χ1v) is 10.1. The molecule has 0 saturated heterocycles. The summed E-state index contributed by atoms with van der Waals surface area (Å²) in [4.78, 5) is 23.2. The molecule has 2 atom stereocenters. The van der Waals surface area contributed by atoms with Gasteiger partial charge in [-0.25, -0.2) is 9.79 Å². The Kier molecular flexibility index (Phi) is 6.01. The Balaban J connectivity index is 1.21. The van der Waals surface area contributed by atoms with Crippen LogP contribution >= 0.6 is 0 Å². The Morgan fingerprint density at radius 1 is 1.19 bits per heavy atom. The summed E-state index contributed by atoms with van der Waals surface area (Å²) < 4.78 is 0. The fourth-order valence-electron chi connectivity index (χ4n) is 3.79. The van der Waals surface area contributed by atoms with Gasteiger partial charge in [0.2, 0.25) is 0 Å². The fourth-order valence-corrected chi connectivity index (χ4v) is 3.79. The number of hydrogen-bond acceptors (Lipinski definition) is 8. The van der Waals surface area contributed by atoms with E-state index in [2.05, 4.69) is 31.6 Å². The van der Waals surface area contributed by atoms with Gasteiger partial charge in [-0.05, 0) is 43.2 Å². The largest absolute Gasteiger partial charge is 0.733 e. The number of amidine groups is 1. The maximum Gasteiger partial charge on any atom is 0.319 e. The molecule has 2 aliphatic heterocycles. The van der Waals surface area contributed by atoms with E-state index < -0.39 is 0 Å². The van der Waals surface area contributed by atoms with Gasteiger partial charge in [0.15, 0.2) is 0 Å². The first-order chi connectivity index (χ1) is 15.0. The van der Waals surface area contributed by atoms with Gasteiger partial charge in [0, 0.05) is 24.3 Å². The van der Waals surface area contributed by atoms with Gasteiger partial charge >= 0.3 is 6.03 Å². The zero-order chi connectivity index (χ0) is 21.8. The second-order valence-electron chi connectivity index (χ2n) is 7.40. The van der Waals surface area contributed by atoms with Crippen molar-refractivity contribution in [2.45, 2.75) is 24.9 Å². The summed E-state index contributed by atoms with van der Waals surface area (Å²) in [6.45, 7) is 1.32. The van der Waals surface area contributed by atoms with Crippen molar-refractivity contribution in [2.75, 3.05) is 23.6 Å². The molecule has 4 rings (SSSR count). The lowest BCUT2D eigenvalue weighted by atomic mass is 9.94. The number of unbranched alkanes of at least 4 members (excludes halogenated alkanes) is 1. The van der Waals surface area contributed by atoms with Gasteiger partial charge in [0.05, 0.1) is 23.8 Å². The van der Waals surface area contributed by atoms with Crippen LogP contribution in [0, 0.1) is 5.21 Å². The van der Waals surface area contributed by atoms with Crippen LogP contribution in [0.25, 0.3) is 0 Å². The van der Waals surface area contributed by atoms with Gasteiger partial charge in [-0.2, -0.15) is 0 Å². The molecule has 0 radical (unpaired) electrons. The van der Waals surface area contributed by atoms with Crippen LogP contribution < -0.4 is 21.6 Å². The van der Waals surface area contributed by atoms with Gasteiger partial charge in [-0.3, -0.25) is 10.2 Å². The lowest BCUT2D eigenvalue weighted by Crippen LogP contribution is -2.39. The number of aliphatic imine (C=N–C) groups is 2. The third-order valence-corrected chi connectivity index (χ3v) is 5.31. The van der Waals surface area contributed by atoms with Crippen LogP contribution in [0.1, 0.15) is 24.4 Å². The van der Waals surface area contributed by atoms with E-state index in [-0.39, 0.29) is 29.0 Å². The molecule has 5 N–H and O–H groups in total. The molecule has 2 aliphatic rings. The van der Waals surface area contributed by atoms with Gasteiger partial charge in [-0.1, -0.05) is 18.2 Å². The van der Waals surface area contributed by atoms with Crippen molar-refractivity contribution in [3.8, 4) is 0 Å². The van der Waals surface area contributed by atoms with E-state index in [1.807, 2.05) is 24.5 Å². The Morgan fingerprint density at radius 3 is 2.74 bits per heavy atom. The molecule has 10 nitrogen and oxygen atoms in total. The summed E-state index contributed by atoms with van der Waals surface area (Å²) in [6.07, 6.45) is 3.52. The fraction of sp³-hybridized carbons (Fsp3) is 0.286. The number of nitrogens with zero attached hydrogens (tertiary/aromatic N) is 4. The molecule has 2 aromatic rings. The first kappa shape index (κ1) is 20.6. The van der Waals surface area contributed by atoms with E-state index in [0.29, 0.717) is 18.1 Å². The van der Waals surface area contributed by atoms with Crippen molar-refractivity contribution in [2.24, 2.45) is 15.7 Å². The summed E-state index contributed by atoms with van der Waals surface area (Å²) in [5.74, 6) is 0.538. The summed E-state index contributed by atoms with van der Waals surface area (Å²) in [7, 11) is 0. The Hall–Kier alpha value is -3.63. The van der Waals surface area contributed by atoms with Crippen molar-refractivity contribution < 1.29 is 10.0 Å². The number of nitrogens with two attached hydrogens (primary N) is 1. The Bertz CT molecular complexity index is 991. The number of fused-ring (bicyclic) bond motifs is 3. The van der Waals surface area contributed by atoms with Gasteiger partial charge in [-0.15, -0.1) is 0 Å². The molecule has 10 heteroatoms. The van der Waals surface area contributed by atoms with Gasteiger partial charge in [0.25, 0.3) is 0 Å². The van der Waals surface area contributed by atoms with Gasteiger partial charge in [0.1, 0.15) is 11.9 Å². The average molecular weight is 422 g/mol. The normalized spacial score (nSPS) is 18.8. The van der Waals surface area contributed by atoms with Crippen LogP contribution in [0.2, 0.25) is 0 Å².